The third-order valence-electron chi connectivity index (χ3n) is 1.60. The van der Waals surface area contributed by atoms with Gasteiger partial charge in [0.25, 0.3) is 0 Å². The van der Waals surface area contributed by atoms with Crippen molar-refractivity contribution in [2.45, 2.75) is 6.92 Å². The van der Waals surface area contributed by atoms with Crippen LogP contribution in [0, 0.1) is 6.92 Å². The first-order valence-electron chi connectivity index (χ1n) is 3.97. The number of carbonyl (C=O) groups excluding carboxylic acids is 1. The Kier molecular flexibility index (Phi) is 2.90. The van der Waals surface area contributed by atoms with Gasteiger partial charge >= 0.3 is 5.24 Å². The summed E-state index contributed by atoms with van der Waals surface area (Å²) in [6, 6.07) is 6.93. The second-order valence-corrected chi connectivity index (χ2v) is 4.97. The minimum absolute atomic E-state index is 0.487. The molecule has 0 saturated carbocycles. The number of amides is 1. The van der Waals surface area contributed by atoms with Gasteiger partial charge in [-0.2, -0.15) is 0 Å². The molecule has 0 aliphatic heterocycles. The molecule has 4 nitrogen and oxygen atoms in total. The molecule has 5 heteroatoms. The van der Waals surface area contributed by atoms with Crippen molar-refractivity contribution >= 4 is 20.8 Å². The highest BCUT2D eigenvalue weighted by Crippen LogP contribution is 2.10. The number of benzene rings is 1. The van der Waals surface area contributed by atoms with Crippen LogP contribution in [0.25, 0.3) is 0 Å². The predicted octanol–water partition coefficient (Wildman–Crippen LogP) is 1.57. The van der Waals surface area contributed by atoms with Gasteiger partial charge in [-0.1, -0.05) is 12.1 Å². The molecule has 0 bridgehead atoms. The Morgan fingerprint density at radius 2 is 2.00 bits per heavy atom. The third-order valence-corrected chi connectivity index (χ3v) is 2.38. The number of aryl methyl sites for hydroxylation is 1. The molecule has 0 saturated heterocycles. The number of carbonyl (C=O) groups is 1. The summed E-state index contributed by atoms with van der Waals surface area (Å²) >= 11 is 0. The van der Waals surface area contributed by atoms with Crippen LogP contribution in [0.3, 0.4) is 0 Å². The molecule has 0 fully saturated rings. The molecule has 76 valence electrons. The van der Waals surface area contributed by atoms with Gasteiger partial charge in [-0.15, -0.1) is 0 Å². The van der Waals surface area contributed by atoms with E-state index in [-0.39, 0.29) is 0 Å². The summed E-state index contributed by atoms with van der Waals surface area (Å²) in [6.07, 6.45) is 0.873. The molecule has 1 rings (SSSR count). The van der Waals surface area contributed by atoms with Crippen molar-refractivity contribution in [2.24, 2.45) is 0 Å². The highest BCUT2D eigenvalue weighted by Gasteiger charge is 2.14. The van der Waals surface area contributed by atoms with Gasteiger partial charge in [0.05, 0.1) is 0 Å². The van der Waals surface area contributed by atoms with E-state index in [1.807, 2.05) is 13.0 Å². The fourth-order valence-corrected chi connectivity index (χ4v) is 1.24. The zero-order valence-electron chi connectivity index (χ0n) is 7.94. The molecule has 0 heterocycles. The molecule has 1 N–H and O–H groups in total. The Morgan fingerprint density at radius 1 is 1.36 bits per heavy atom. The minimum Gasteiger partial charge on any atom is -0.313 e. The van der Waals surface area contributed by atoms with Crippen LogP contribution >= 0.6 is 0 Å². The first-order valence-corrected chi connectivity index (χ1v) is 5.86. The Hall–Kier alpha value is -1.36. The Balaban J connectivity index is 2.86. The summed E-state index contributed by atoms with van der Waals surface area (Å²) in [5.41, 5.74) is 1.44. The lowest BCUT2D eigenvalue weighted by Crippen LogP contribution is -2.19. The lowest BCUT2D eigenvalue weighted by Gasteiger charge is -2.03. The Bertz CT molecular complexity index is 451. The number of nitrogens with one attached hydrogen (secondary N) is 1. The van der Waals surface area contributed by atoms with E-state index >= 15 is 0 Å². The summed E-state index contributed by atoms with van der Waals surface area (Å²) in [5, 5.41) is 1.31. The summed E-state index contributed by atoms with van der Waals surface area (Å²) in [5.74, 6) is 0. The van der Waals surface area contributed by atoms with Crippen LogP contribution in [-0.2, 0) is 9.84 Å². The molecule has 0 spiro atoms. The van der Waals surface area contributed by atoms with Crippen molar-refractivity contribution in [1.29, 1.82) is 0 Å². The lowest BCUT2D eigenvalue weighted by molar-refractivity contribution is 0.268. The van der Waals surface area contributed by atoms with Gasteiger partial charge in [0.15, 0.2) is 0 Å². The van der Waals surface area contributed by atoms with Crippen LogP contribution in [-0.4, -0.2) is 19.9 Å². The van der Waals surface area contributed by atoms with Crippen LogP contribution < -0.4 is 5.32 Å². The summed E-state index contributed by atoms with van der Waals surface area (Å²) in [4.78, 5) is 11.0. The van der Waals surface area contributed by atoms with Gasteiger partial charge in [-0.05, 0) is 24.6 Å². The number of hydrogen-bond acceptors (Lipinski definition) is 3. The average Bonchev–Trinajstić information content (AvgIpc) is 2.02. The van der Waals surface area contributed by atoms with Crippen molar-refractivity contribution in [3.8, 4) is 0 Å². The SMILES string of the molecule is Cc1cccc(NC(=O)S(C)(=O)=O)c1. The van der Waals surface area contributed by atoms with Crippen LogP contribution in [0.4, 0.5) is 10.5 Å². The van der Waals surface area contributed by atoms with E-state index in [4.69, 9.17) is 0 Å². The molecule has 0 aliphatic carbocycles. The van der Waals surface area contributed by atoms with Gasteiger partial charge < -0.3 is 5.32 Å². The van der Waals surface area contributed by atoms with Crippen molar-refractivity contribution in [1.82, 2.24) is 0 Å². The highest BCUT2D eigenvalue weighted by atomic mass is 32.2. The van der Waals surface area contributed by atoms with E-state index in [1.54, 1.807) is 18.2 Å². The molecule has 0 aliphatic rings. The van der Waals surface area contributed by atoms with Gasteiger partial charge in [-0.3, -0.25) is 4.79 Å². The van der Waals surface area contributed by atoms with Crippen LogP contribution in [0.5, 0.6) is 0 Å². The maximum Gasteiger partial charge on any atom is 0.340 e. The van der Waals surface area contributed by atoms with E-state index in [9.17, 15) is 13.2 Å². The quantitative estimate of drug-likeness (QED) is 0.770. The van der Waals surface area contributed by atoms with Gasteiger partial charge in [0.2, 0.25) is 9.84 Å². The molecule has 1 amide bonds. The van der Waals surface area contributed by atoms with E-state index in [0.717, 1.165) is 11.8 Å². The van der Waals surface area contributed by atoms with Gasteiger partial charge in [-0.25, -0.2) is 8.42 Å². The average molecular weight is 213 g/mol. The molecule has 0 aromatic heterocycles. The van der Waals surface area contributed by atoms with Crippen molar-refractivity contribution in [3.63, 3.8) is 0 Å². The monoisotopic (exact) mass is 213 g/mol. The Morgan fingerprint density at radius 3 is 2.50 bits per heavy atom. The van der Waals surface area contributed by atoms with Gasteiger partial charge in [0.1, 0.15) is 0 Å². The maximum absolute atomic E-state index is 11.0. The second-order valence-electron chi connectivity index (χ2n) is 3.05. The van der Waals surface area contributed by atoms with Crippen molar-refractivity contribution < 1.29 is 13.2 Å². The van der Waals surface area contributed by atoms with Gasteiger partial charge in [0, 0.05) is 11.9 Å². The molecule has 0 unspecified atom stereocenters. The molecule has 0 atom stereocenters. The number of anilines is 1. The molecule has 14 heavy (non-hydrogen) atoms. The van der Waals surface area contributed by atoms with Crippen molar-refractivity contribution in [3.05, 3.63) is 29.8 Å². The first kappa shape index (κ1) is 10.7. The van der Waals surface area contributed by atoms with Crippen molar-refractivity contribution in [2.75, 3.05) is 11.6 Å². The first-order chi connectivity index (χ1) is 6.39. The zero-order chi connectivity index (χ0) is 10.8. The number of hydrogen-bond donors (Lipinski definition) is 1. The predicted molar refractivity (Wildman–Crippen MR) is 55.0 cm³/mol. The summed E-state index contributed by atoms with van der Waals surface area (Å²) in [6.45, 7) is 1.86. The molecular weight excluding hydrogens is 202 g/mol. The lowest BCUT2D eigenvalue weighted by atomic mass is 10.2. The summed E-state index contributed by atoms with van der Waals surface area (Å²) in [7, 11) is -3.66. The molecule has 1 aromatic rings. The fraction of sp³-hybridized carbons (Fsp3) is 0.222. The van der Waals surface area contributed by atoms with Crippen LogP contribution in [0.1, 0.15) is 5.56 Å². The van der Waals surface area contributed by atoms with E-state index < -0.39 is 15.1 Å². The fourth-order valence-electron chi connectivity index (χ4n) is 0.933. The minimum atomic E-state index is -3.66. The largest absolute Gasteiger partial charge is 0.340 e. The summed E-state index contributed by atoms with van der Waals surface area (Å²) < 4.78 is 21.6. The molecule has 1 aromatic carbocycles. The van der Waals surface area contributed by atoms with E-state index in [0.29, 0.717) is 5.69 Å². The molecular formula is C9H11NO3S. The maximum atomic E-state index is 11.0. The highest BCUT2D eigenvalue weighted by molar-refractivity contribution is 8.05. The zero-order valence-corrected chi connectivity index (χ0v) is 8.76. The number of sulfone groups is 1. The Labute approximate surface area is 82.9 Å². The van der Waals surface area contributed by atoms with Crippen LogP contribution in [0.2, 0.25) is 0 Å². The smallest absolute Gasteiger partial charge is 0.313 e. The molecule has 0 radical (unpaired) electrons. The third kappa shape index (κ3) is 2.85. The normalized spacial score (nSPS) is 11.0. The standard InChI is InChI=1S/C9H11NO3S/c1-7-4-3-5-8(6-7)10-9(11)14(2,12)13/h3-6H,1-2H3,(H,10,11). The second kappa shape index (κ2) is 3.79. The van der Waals surface area contributed by atoms with Crippen LogP contribution in [0.15, 0.2) is 24.3 Å². The topological polar surface area (TPSA) is 63.2 Å². The van der Waals surface area contributed by atoms with E-state index in [1.165, 1.54) is 0 Å². The van der Waals surface area contributed by atoms with E-state index in [2.05, 4.69) is 5.32 Å². The number of rotatable bonds is 1.